The van der Waals surface area contributed by atoms with Crippen LogP contribution in [0.15, 0.2) is 12.8 Å². The molecule has 102 valence electrons. The van der Waals surface area contributed by atoms with E-state index in [2.05, 4.69) is 16.4 Å². The standard InChI is InChI=1S/C12H15N3O4/c1-7-5-15-10(6-14(7)12(17)18)9(4-13-15)8(2)11(16)19-3/h4,7H,2,5-6H2,1,3H3,(H,17,18)/t7-/m0/s1. The molecule has 7 nitrogen and oxygen atoms in total. The number of fused-ring (bicyclic) bond motifs is 1. The fourth-order valence-corrected chi connectivity index (χ4v) is 2.14. The average Bonchev–Trinajstić information content (AvgIpc) is 2.78. The maximum Gasteiger partial charge on any atom is 0.407 e. The third kappa shape index (κ3) is 2.18. The molecule has 2 rings (SSSR count). The van der Waals surface area contributed by atoms with E-state index in [0.717, 1.165) is 0 Å². The zero-order valence-corrected chi connectivity index (χ0v) is 10.8. The van der Waals surface area contributed by atoms with Crippen LogP contribution >= 0.6 is 0 Å². The number of esters is 1. The smallest absolute Gasteiger partial charge is 0.407 e. The van der Waals surface area contributed by atoms with Gasteiger partial charge in [0.05, 0.1) is 43.7 Å². The van der Waals surface area contributed by atoms with Crippen molar-refractivity contribution < 1.29 is 19.4 Å². The lowest BCUT2D eigenvalue weighted by atomic mass is 10.1. The van der Waals surface area contributed by atoms with Crippen LogP contribution in [0, 0.1) is 0 Å². The SMILES string of the molecule is C=C(C(=O)OC)c1cnn2c1CN(C(=O)O)[C@@H](C)C2. The Balaban J connectivity index is 2.36. The van der Waals surface area contributed by atoms with E-state index >= 15 is 0 Å². The van der Waals surface area contributed by atoms with E-state index in [4.69, 9.17) is 5.11 Å². The van der Waals surface area contributed by atoms with Gasteiger partial charge in [0.1, 0.15) is 0 Å². The minimum atomic E-state index is -0.991. The molecule has 1 aliphatic heterocycles. The Labute approximate surface area is 110 Å². The molecule has 1 aromatic heterocycles. The van der Waals surface area contributed by atoms with Crippen molar-refractivity contribution in [3.05, 3.63) is 24.0 Å². The first kappa shape index (κ1) is 13.1. The number of rotatable bonds is 2. The van der Waals surface area contributed by atoms with Crippen molar-refractivity contribution in [2.45, 2.75) is 26.1 Å². The topological polar surface area (TPSA) is 84.7 Å². The number of nitrogens with zero attached hydrogens (tertiary/aromatic N) is 3. The molecule has 1 aliphatic rings. The molecule has 0 spiro atoms. The van der Waals surface area contributed by atoms with Gasteiger partial charge in [0.15, 0.2) is 0 Å². The van der Waals surface area contributed by atoms with E-state index in [1.54, 1.807) is 4.68 Å². The highest BCUT2D eigenvalue weighted by Crippen LogP contribution is 2.25. The summed E-state index contributed by atoms with van der Waals surface area (Å²) in [5.41, 5.74) is 1.38. The predicted molar refractivity (Wildman–Crippen MR) is 66.3 cm³/mol. The van der Waals surface area contributed by atoms with Crippen LogP contribution in [0.3, 0.4) is 0 Å². The lowest BCUT2D eigenvalue weighted by Gasteiger charge is -2.32. The minimum Gasteiger partial charge on any atom is -0.465 e. The number of carboxylic acid groups (broad SMARTS) is 1. The van der Waals surface area contributed by atoms with E-state index in [0.29, 0.717) is 17.8 Å². The first-order valence-corrected chi connectivity index (χ1v) is 5.77. The second-order valence-corrected chi connectivity index (χ2v) is 4.42. The molecule has 2 heterocycles. The molecule has 1 amide bonds. The summed E-state index contributed by atoms with van der Waals surface area (Å²) in [6.45, 7) is 6.12. The van der Waals surface area contributed by atoms with Crippen LogP contribution in [-0.4, -0.2) is 45.0 Å². The van der Waals surface area contributed by atoms with Crippen LogP contribution in [0.4, 0.5) is 4.79 Å². The van der Waals surface area contributed by atoms with Crippen molar-refractivity contribution >= 4 is 17.6 Å². The zero-order chi connectivity index (χ0) is 14.2. The molecule has 0 unspecified atom stereocenters. The van der Waals surface area contributed by atoms with Gasteiger partial charge in [-0.05, 0) is 6.92 Å². The van der Waals surface area contributed by atoms with Gasteiger partial charge in [-0.2, -0.15) is 5.10 Å². The quantitative estimate of drug-likeness (QED) is 0.635. The van der Waals surface area contributed by atoms with Crippen molar-refractivity contribution in [2.75, 3.05) is 7.11 Å². The second kappa shape index (κ2) is 4.75. The molecule has 0 saturated carbocycles. The molecule has 0 aromatic carbocycles. The zero-order valence-electron chi connectivity index (χ0n) is 10.8. The summed E-state index contributed by atoms with van der Waals surface area (Å²) < 4.78 is 6.32. The Morgan fingerprint density at radius 1 is 1.58 bits per heavy atom. The normalized spacial score (nSPS) is 17.8. The van der Waals surface area contributed by atoms with Gasteiger partial charge in [-0.15, -0.1) is 0 Å². The Morgan fingerprint density at radius 2 is 2.26 bits per heavy atom. The molecular formula is C12H15N3O4. The molecular weight excluding hydrogens is 250 g/mol. The summed E-state index contributed by atoms with van der Waals surface area (Å²) in [5, 5.41) is 13.3. The van der Waals surface area contributed by atoms with Gasteiger partial charge in [-0.25, -0.2) is 9.59 Å². The number of carbonyl (C=O) groups excluding carboxylic acids is 1. The van der Waals surface area contributed by atoms with Crippen LogP contribution in [0.5, 0.6) is 0 Å². The van der Waals surface area contributed by atoms with Crippen molar-refractivity contribution in [3.8, 4) is 0 Å². The van der Waals surface area contributed by atoms with Crippen LogP contribution in [0.1, 0.15) is 18.2 Å². The average molecular weight is 265 g/mol. The van der Waals surface area contributed by atoms with Crippen LogP contribution in [0.2, 0.25) is 0 Å². The van der Waals surface area contributed by atoms with Gasteiger partial charge >= 0.3 is 12.1 Å². The Morgan fingerprint density at radius 3 is 2.84 bits per heavy atom. The van der Waals surface area contributed by atoms with Gasteiger partial charge < -0.3 is 9.84 Å². The Hall–Kier alpha value is -2.31. The fraction of sp³-hybridized carbons (Fsp3) is 0.417. The van der Waals surface area contributed by atoms with Crippen molar-refractivity contribution in [1.82, 2.24) is 14.7 Å². The lowest BCUT2D eigenvalue weighted by molar-refractivity contribution is -0.133. The van der Waals surface area contributed by atoms with Gasteiger partial charge in [0, 0.05) is 5.56 Å². The molecule has 0 radical (unpaired) electrons. The number of carbonyl (C=O) groups is 2. The summed E-state index contributed by atoms with van der Waals surface area (Å²) >= 11 is 0. The summed E-state index contributed by atoms with van der Waals surface area (Å²) in [5.74, 6) is -0.545. The van der Waals surface area contributed by atoms with Gasteiger partial charge in [0.25, 0.3) is 0 Å². The minimum absolute atomic E-state index is 0.163. The van der Waals surface area contributed by atoms with E-state index < -0.39 is 12.1 Å². The number of aromatic nitrogens is 2. The van der Waals surface area contributed by atoms with Gasteiger partial charge in [-0.3, -0.25) is 9.58 Å². The highest BCUT2D eigenvalue weighted by molar-refractivity contribution is 6.15. The number of hydrogen-bond acceptors (Lipinski definition) is 4. The van der Waals surface area contributed by atoms with E-state index in [9.17, 15) is 9.59 Å². The molecule has 1 N–H and O–H groups in total. The third-order valence-electron chi connectivity index (χ3n) is 3.24. The summed E-state index contributed by atoms with van der Waals surface area (Å²) in [4.78, 5) is 23.9. The van der Waals surface area contributed by atoms with E-state index in [-0.39, 0.29) is 18.2 Å². The summed E-state index contributed by atoms with van der Waals surface area (Å²) in [6, 6.07) is -0.163. The van der Waals surface area contributed by atoms with Crippen LogP contribution in [-0.2, 0) is 22.6 Å². The fourth-order valence-electron chi connectivity index (χ4n) is 2.14. The van der Waals surface area contributed by atoms with E-state index in [1.807, 2.05) is 6.92 Å². The van der Waals surface area contributed by atoms with Crippen LogP contribution < -0.4 is 0 Å². The Bertz CT molecular complexity index is 549. The Kier molecular flexibility index (Phi) is 3.28. The molecule has 0 aliphatic carbocycles. The van der Waals surface area contributed by atoms with Gasteiger partial charge in [-0.1, -0.05) is 6.58 Å². The molecule has 7 heteroatoms. The predicted octanol–water partition coefficient (Wildman–Crippen LogP) is 0.951. The largest absolute Gasteiger partial charge is 0.465 e. The van der Waals surface area contributed by atoms with Gasteiger partial charge in [0.2, 0.25) is 0 Å². The van der Waals surface area contributed by atoms with Crippen molar-refractivity contribution in [1.29, 1.82) is 0 Å². The molecule has 19 heavy (non-hydrogen) atoms. The monoisotopic (exact) mass is 265 g/mol. The summed E-state index contributed by atoms with van der Waals surface area (Å²) in [6.07, 6.45) is 0.529. The first-order valence-electron chi connectivity index (χ1n) is 5.77. The summed E-state index contributed by atoms with van der Waals surface area (Å²) in [7, 11) is 1.27. The number of methoxy groups -OCH3 is 1. The molecule has 1 atom stereocenters. The number of ether oxygens (including phenoxy) is 1. The maximum absolute atomic E-state index is 11.5. The van der Waals surface area contributed by atoms with Crippen molar-refractivity contribution in [2.24, 2.45) is 0 Å². The van der Waals surface area contributed by atoms with Crippen molar-refractivity contribution in [3.63, 3.8) is 0 Å². The molecule has 0 fully saturated rings. The molecule has 0 bridgehead atoms. The molecule has 1 aromatic rings. The second-order valence-electron chi connectivity index (χ2n) is 4.42. The number of amides is 1. The third-order valence-corrected chi connectivity index (χ3v) is 3.24. The first-order chi connectivity index (χ1) is 8.95. The maximum atomic E-state index is 11.5. The number of hydrogen-bond donors (Lipinski definition) is 1. The van der Waals surface area contributed by atoms with E-state index in [1.165, 1.54) is 18.2 Å². The van der Waals surface area contributed by atoms with Crippen LogP contribution in [0.25, 0.3) is 5.57 Å². The highest BCUT2D eigenvalue weighted by atomic mass is 16.5. The lowest BCUT2D eigenvalue weighted by Crippen LogP contribution is -2.44. The highest BCUT2D eigenvalue weighted by Gasteiger charge is 2.30. The molecule has 0 saturated heterocycles.